The Morgan fingerprint density at radius 3 is 2.52 bits per heavy atom. The van der Waals surface area contributed by atoms with Gasteiger partial charge in [0, 0.05) is 15.7 Å². The zero-order chi connectivity index (χ0) is 15.6. The zero-order valence-corrected chi connectivity index (χ0v) is 13.7. The average molecular weight is 390 g/mol. The van der Waals surface area contributed by atoms with E-state index in [0.29, 0.717) is 20.7 Å². The zero-order valence-electron chi connectivity index (χ0n) is 10.5. The summed E-state index contributed by atoms with van der Waals surface area (Å²) >= 11 is 9.16. The smallest absolute Gasteiger partial charge is 0.255 e. The van der Waals surface area contributed by atoms with E-state index in [1.54, 1.807) is 18.2 Å². The lowest BCUT2D eigenvalue weighted by Crippen LogP contribution is -2.14. The predicted octanol–water partition coefficient (Wildman–Crippen LogP) is 3.00. The van der Waals surface area contributed by atoms with Crippen molar-refractivity contribution >= 4 is 49.1 Å². The molecule has 0 saturated carbocycles. The van der Waals surface area contributed by atoms with Gasteiger partial charge in [0.05, 0.1) is 9.92 Å². The number of benzene rings is 2. The maximum Gasteiger partial charge on any atom is 0.255 e. The first kappa shape index (κ1) is 16.0. The molecule has 8 heteroatoms. The fourth-order valence-electron chi connectivity index (χ4n) is 1.59. The first-order chi connectivity index (χ1) is 9.77. The fraction of sp³-hybridized carbons (Fsp3) is 0. The van der Waals surface area contributed by atoms with E-state index in [4.69, 9.17) is 16.7 Å². The third-order valence-electron chi connectivity index (χ3n) is 2.60. The van der Waals surface area contributed by atoms with Gasteiger partial charge in [0.1, 0.15) is 0 Å². The standard InChI is InChI=1S/C13H10BrClN2O3S/c14-11-5-4-8(6-12(11)15)13(18)17-9-2-1-3-10(7-9)21(16,19)20/h1-7H,(H,17,18)(H2,16,19,20). The molecule has 2 rings (SSSR count). The number of hydrogen-bond donors (Lipinski definition) is 2. The van der Waals surface area contributed by atoms with Gasteiger partial charge in [0.2, 0.25) is 10.0 Å². The number of anilines is 1. The molecule has 0 saturated heterocycles. The Kier molecular flexibility index (Phi) is 4.67. The van der Waals surface area contributed by atoms with Crippen LogP contribution in [0.3, 0.4) is 0 Å². The second-order valence-corrected chi connectivity index (χ2v) is 6.98. The van der Waals surface area contributed by atoms with Gasteiger partial charge in [0.15, 0.2) is 0 Å². The minimum absolute atomic E-state index is 0.0749. The van der Waals surface area contributed by atoms with E-state index >= 15 is 0 Å². The number of amides is 1. The molecule has 0 spiro atoms. The highest BCUT2D eigenvalue weighted by Crippen LogP contribution is 2.24. The molecule has 2 aromatic rings. The molecule has 5 nitrogen and oxygen atoms in total. The molecule has 0 atom stereocenters. The van der Waals surface area contributed by atoms with Crippen LogP contribution in [0.2, 0.25) is 5.02 Å². The third kappa shape index (κ3) is 4.04. The molecule has 0 heterocycles. The molecule has 0 aromatic heterocycles. The highest BCUT2D eigenvalue weighted by molar-refractivity contribution is 9.10. The molecule has 110 valence electrons. The molecule has 21 heavy (non-hydrogen) atoms. The van der Waals surface area contributed by atoms with Crippen LogP contribution in [0.5, 0.6) is 0 Å². The van der Waals surface area contributed by atoms with Crippen LogP contribution in [0.15, 0.2) is 51.8 Å². The highest BCUT2D eigenvalue weighted by Gasteiger charge is 2.11. The average Bonchev–Trinajstić information content (AvgIpc) is 2.41. The Morgan fingerprint density at radius 1 is 1.19 bits per heavy atom. The van der Waals surface area contributed by atoms with Crippen molar-refractivity contribution in [1.82, 2.24) is 0 Å². The lowest BCUT2D eigenvalue weighted by Gasteiger charge is -2.07. The number of carbonyl (C=O) groups excluding carboxylic acids is 1. The Hall–Kier alpha value is -1.41. The fourth-order valence-corrected chi connectivity index (χ4v) is 2.58. The summed E-state index contributed by atoms with van der Waals surface area (Å²) in [7, 11) is -3.82. The molecule has 0 aliphatic rings. The van der Waals surface area contributed by atoms with Gasteiger partial charge in [-0.25, -0.2) is 13.6 Å². The number of halogens is 2. The first-order valence-electron chi connectivity index (χ1n) is 5.66. The number of carbonyl (C=O) groups is 1. The van der Waals surface area contributed by atoms with Gasteiger partial charge in [-0.3, -0.25) is 4.79 Å². The summed E-state index contributed by atoms with van der Waals surface area (Å²) in [6, 6.07) is 10.4. The van der Waals surface area contributed by atoms with Crippen molar-refractivity contribution in [2.24, 2.45) is 5.14 Å². The van der Waals surface area contributed by atoms with Crippen LogP contribution in [0.1, 0.15) is 10.4 Å². The molecular formula is C13H10BrClN2O3S. The monoisotopic (exact) mass is 388 g/mol. The van der Waals surface area contributed by atoms with Gasteiger partial charge < -0.3 is 5.32 Å². The van der Waals surface area contributed by atoms with Crippen molar-refractivity contribution in [3.05, 3.63) is 57.5 Å². The Bertz CT molecular complexity index is 809. The number of nitrogens with two attached hydrogens (primary N) is 1. The normalized spacial score (nSPS) is 11.2. The second kappa shape index (κ2) is 6.15. The lowest BCUT2D eigenvalue weighted by molar-refractivity contribution is 0.102. The largest absolute Gasteiger partial charge is 0.322 e. The molecule has 0 fully saturated rings. The van der Waals surface area contributed by atoms with E-state index in [-0.39, 0.29) is 4.90 Å². The van der Waals surface area contributed by atoms with Gasteiger partial charge in [-0.1, -0.05) is 17.7 Å². The number of sulfonamides is 1. The van der Waals surface area contributed by atoms with E-state index in [1.807, 2.05) is 0 Å². The molecule has 0 aliphatic carbocycles. The summed E-state index contributed by atoms with van der Waals surface area (Å²) in [5.41, 5.74) is 0.676. The van der Waals surface area contributed by atoms with Crippen LogP contribution < -0.4 is 10.5 Å². The Morgan fingerprint density at radius 2 is 1.90 bits per heavy atom. The Labute approximate surface area is 135 Å². The SMILES string of the molecule is NS(=O)(=O)c1cccc(NC(=O)c2ccc(Br)c(Cl)c2)c1. The molecule has 0 bridgehead atoms. The summed E-state index contributed by atoms with van der Waals surface area (Å²) in [5, 5.41) is 8.03. The minimum atomic E-state index is -3.82. The maximum absolute atomic E-state index is 12.1. The van der Waals surface area contributed by atoms with Crippen molar-refractivity contribution in [3.63, 3.8) is 0 Å². The molecule has 0 unspecified atom stereocenters. The van der Waals surface area contributed by atoms with Crippen LogP contribution in [0.25, 0.3) is 0 Å². The minimum Gasteiger partial charge on any atom is -0.322 e. The van der Waals surface area contributed by atoms with Gasteiger partial charge in [-0.15, -0.1) is 0 Å². The van der Waals surface area contributed by atoms with Crippen LogP contribution in [-0.2, 0) is 10.0 Å². The van der Waals surface area contributed by atoms with Crippen LogP contribution in [-0.4, -0.2) is 14.3 Å². The molecule has 0 radical (unpaired) electrons. The number of primary sulfonamides is 1. The summed E-state index contributed by atoms with van der Waals surface area (Å²) in [4.78, 5) is 12.0. The molecule has 0 aliphatic heterocycles. The second-order valence-electron chi connectivity index (χ2n) is 4.16. The van der Waals surface area contributed by atoms with Crippen LogP contribution in [0.4, 0.5) is 5.69 Å². The quantitative estimate of drug-likeness (QED) is 0.845. The summed E-state index contributed by atoms with van der Waals surface area (Å²) in [6.07, 6.45) is 0. The van der Waals surface area contributed by atoms with Crippen molar-refractivity contribution in [3.8, 4) is 0 Å². The lowest BCUT2D eigenvalue weighted by atomic mass is 10.2. The van der Waals surface area contributed by atoms with Crippen molar-refractivity contribution < 1.29 is 13.2 Å². The first-order valence-corrected chi connectivity index (χ1v) is 8.38. The summed E-state index contributed by atoms with van der Waals surface area (Å²) in [5.74, 6) is -0.407. The predicted molar refractivity (Wildman–Crippen MR) is 84.9 cm³/mol. The maximum atomic E-state index is 12.1. The molecule has 3 N–H and O–H groups in total. The number of rotatable bonds is 3. The van der Waals surface area contributed by atoms with Gasteiger partial charge in [-0.05, 0) is 52.3 Å². The van der Waals surface area contributed by atoms with Gasteiger partial charge in [0.25, 0.3) is 5.91 Å². The van der Waals surface area contributed by atoms with Crippen LogP contribution >= 0.6 is 27.5 Å². The van der Waals surface area contributed by atoms with Gasteiger partial charge >= 0.3 is 0 Å². The van der Waals surface area contributed by atoms with E-state index in [2.05, 4.69) is 21.2 Å². The van der Waals surface area contributed by atoms with Gasteiger partial charge in [-0.2, -0.15) is 0 Å². The topological polar surface area (TPSA) is 89.3 Å². The molecular weight excluding hydrogens is 380 g/mol. The summed E-state index contributed by atoms with van der Waals surface area (Å²) < 4.78 is 23.2. The van der Waals surface area contributed by atoms with E-state index < -0.39 is 15.9 Å². The summed E-state index contributed by atoms with van der Waals surface area (Å²) in [6.45, 7) is 0. The van der Waals surface area contributed by atoms with Crippen LogP contribution in [0, 0.1) is 0 Å². The van der Waals surface area contributed by atoms with Crippen molar-refractivity contribution in [2.75, 3.05) is 5.32 Å². The van der Waals surface area contributed by atoms with Crippen molar-refractivity contribution in [2.45, 2.75) is 4.90 Å². The third-order valence-corrected chi connectivity index (χ3v) is 4.75. The van der Waals surface area contributed by atoms with E-state index in [9.17, 15) is 13.2 Å². The van der Waals surface area contributed by atoms with E-state index in [1.165, 1.54) is 24.3 Å². The molecule has 2 aromatic carbocycles. The highest BCUT2D eigenvalue weighted by atomic mass is 79.9. The Balaban J connectivity index is 2.25. The number of hydrogen-bond acceptors (Lipinski definition) is 3. The molecule has 1 amide bonds. The number of nitrogens with one attached hydrogen (secondary N) is 1. The van der Waals surface area contributed by atoms with E-state index in [0.717, 1.165) is 0 Å². The van der Waals surface area contributed by atoms with Crippen molar-refractivity contribution in [1.29, 1.82) is 0 Å².